The summed E-state index contributed by atoms with van der Waals surface area (Å²) < 4.78 is 1.54. The maximum Gasteiger partial charge on any atom is 0.230 e. The lowest BCUT2D eigenvalue weighted by molar-refractivity contribution is 0.113. The van der Waals surface area contributed by atoms with E-state index in [1.54, 1.807) is 6.07 Å². The van der Waals surface area contributed by atoms with Crippen LogP contribution in [0.2, 0.25) is 10.0 Å². The zero-order chi connectivity index (χ0) is 19.8. The van der Waals surface area contributed by atoms with Crippen molar-refractivity contribution in [3.63, 3.8) is 0 Å². The predicted octanol–water partition coefficient (Wildman–Crippen LogP) is 4.09. The maximum absolute atomic E-state index is 11.0. The Bertz CT molecular complexity index is 980. The molecule has 0 spiro atoms. The molecule has 1 aromatic carbocycles. The van der Waals surface area contributed by atoms with E-state index in [2.05, 4.69) is 26.8 Å². The minimum Gasteiger partial charge on any atom is -0.492 e. The number of aromatic nitrogens is 3. The molecule has 1 aliphatic heterocycles. The van der Waals surface area contributed by atoms with Crippen LogP contribution in [-0.4, -0.2) is 62.2 Å². The third kappa shape index (κ3) is 3.62. The Morgan fingerprint density at radius 3 is 2.54 bits per heavy atom. The van der Waals surface area contributed by atoms with Crippen LogP contribution in [0.15, 0.2) is 18.2 Å². The second-order valence-corrected chi connectivity index (χ2v) is 8.76. The molecule has 2 aromatic heterocycles. The Labute approximate surface area is 178 Å². The van der Waals surface area contributed by atoms with E-state index >= 15 is 0 Å². The Kier molecular flexibility index (Phi) is 5.81. The molecule has 3 heterocycles. The third-order valence-electron chi connectivity index (χ3n) is 5.28. The molecule has 0 aliphatic carbocycles. The van der Waals surface area contributed by atoms with Gasteiger partial charge in [-0.2, -0.15) is 4.52 Å². The van der Waals surface area contributed by atoms with E-state index in [1.807, 2.05) is 19.1 Å². The zero-order valence-corrected chi connectivity index (χ0v) is 18.2. The Morgan fingerprint density at radius 2 is 1.93 bits per heavy atom. The lowest BCUT2D eigenvalue weighted by atomic mass is 10.0. The summed E-state index contributed by atoms with van der Waals surface area (Å²) in [6, 6.07) is 5.40. The number of hydrogen-bond donors (Lipinski definition) is 1. The number of rotatable bonds is 5. The second kappa shape index (κ2) is 8.16. The highest BCUT2D eigenvalue weighted by molar-refractivity contribution is 7.17. The summed E-state index contributed by atoms with van der Waals surface area (Å²) in [6.07, 6.45) is 0.731. The molecule has 4 rings (SSSR count). The molecule has 9 heteroatoms. The van der Waals surface area contributed by atoms with E-state index in [0.717, 1.165) is 55.4 Å². The quantitative estimate of drug-likeness (QED) is 0.648. The molecule has 28 heavy (non-hydrogen) atoms. The third-order valence-corrected chi connectivity index (χ3v) is 6.92. The number of piperazine rings is 1. The average Bonchev–Trinajstić information content (AvgIpc) is 3.23. The van der Waals surface area contributed by atoms with Crippen molar-refractivity contribution < 1.29 is 5.11 Å². The smallest absolute Gasteiger partial charge is 0.230 e. The highest BCUT2D eigenvalue weighted by Crippen LogP contribution is 2.42. The topological polar surface area (TPSA) is 56.9 Å². The summed E-state index contributed by atoms with van der Waals surface area (Å²) in [7, 11) is 0. The molecule has 3 aromatic rings. The summed E-state index contributed by atoms with van der Waals surface area (Å²) >= 11 is 14.2. The van der Waals surface area contributed by atoms with Gasteiger partial charge in [-0.3, -0.25) is 4.90 Å². The van der Waals surface area contributed by atoms with Crippen LogP contribution in [0.25, 0.3) is 4.96 Å². The van der Waals surface area contributed by atoms with Crippen LogP contribution in [0.4, 0.5) is 0 Å². The molecule has 1 N–H and O–H groups in total. The summed E-state index contributed by atoms with van der Waals surface area (Å²) in [5.74, 6) is 0.867. The normalized spacial score (nSPS) is 17.4. The molecule has 1 aliphatic rings. The van der Waals surface area contributed by atoms with Gasteiger partial charge in [-0.15, -0.1) is 5.10 Å². The van der Waals surface area contributed by atoms with Crippen LogP contribution in [0.1, 0.15) is 36.2 Å². The molecule has 0 unspecified atom stereocenters. The molecule has 1 saturated heterocycles. The van der Waals surface area contributed by atoms with Crippen LogP contribution in [0, 0.1) is 0 Å². The van der Waals surface area contributed by atoms with E-state index in [9.17, 15) is 5.11 Å². The van der Waals surface area contributed by atoms with Crippen LogP contribution in [-0.2, 0) is 6.42 Å². The molecule has 0 saturated carbocycles. The second-order valence-electron chi connectivity index (χ2n) is 6.90. The van der Waals surface area contributed by atoms with Crippen molar-refractivity contribution in [1.82, 2.24) is 24.4 Å². The molecule has 0 bridgehead atoms. The Balaban J connectivity index is 1.79. The number of hydrogen-bond acceptors (Lipinski definition) is 6. The van der Waals surface area contributed by atoms with Crippen molar-refractivity contribution in [2.45, 2.75) is 26.3 Å². The van der Waals surface area contributed by atoms with Gasteiger partial charge in [0.15, 0.2) is 5.82 Å². The van der Waals surface area contributed by atoms with Crippen LogP contribution in [0.3, 0.4) is 0 Å². The van der Waals surface area contributed by atoms with Gasteiger partial charge in [-0.25, -0.2) is 4.98 Å². The van der Waals surface area contributed by atoms with Gasteiger partial charge in [0.25, 0.3) is 0 Å². The highest BCUT2D eigenvalue weighted by atomic mass is 35.5. The fourth-order valence-corrected chi connectivity index (χ4v) is 5.32. The van der Waals surface area contributed by atoms with Crippen LogP contribution >= 0.6 is 34.5 Å². The van der Waals surface area contributed by atoms with E-state index in [0.29, 0.717) is 15.0 Å². The molecular formula is C19H23Cl2N5OS. The summed E-state index contributed by atoms with van der Waals surface area (Å²) in [5, 5.41) is 16.6. The van der Waals surface area contributed by atoms with E-state index in [-0.39, 0.29) is 11.9 Å². The largest absolute Gasteiger partial charge is 0.492 e. The van der Waals surface area contributed by atoms with Crippen molar-refractivity contribution in [3.8, 4) is 5.88 Å². The minimum atomic E-state index is -0.164. The Morgan fingerprint density at radius 1 is 1.18 bits per heavy atom. The number of aryl methyl sites for hydroxylation is 1. The summed E-state index contributed by atoms with van der Waals surface area (Å²) in [5.41, 5.74) is 0.937. The summed E-state index contributed by atoms with van der Waals surface area (Å²) in [6.45, 7) is 8.98. The highest BCUT2D eigenvalue weighted by Gasteiger charge is 2.32. The number of thiazole rings is 1. The van der Waals surface area contributed by atoms with Gasteiger partial charge in [-0.1, -0.05) is 54.5 Å². The fourth-order valence-electron chi connectivity index (χ4n) is 3.68. The van der Waals surface area contributed by atoms with Crippen molar-refractivity contribution in [2.24, 2.45) is 0 Å². The first-order valence-corrected chi connectivity index (χ1v) is 11.1. The fraction of sp³-hybridized carbons (Fsp3) is 0.474. The number of nitrogens with zero attached hydrogens (tertiary/aromatic N) is 5. The number of fused-ring (bicyclic) bond motifs is 1. The SMILES string of the molecule is CCc1nc2sc([C@H](c3ccc(Cl)cc3Cl)N3CCN(CC)CC3)c(O)n2n1. The van der Waals surface area contributed by atoms with E-state index in [1.165, 1.54) is 15.9 Å². The molecule has 1 fully saturated rings. The van der Waals surface area contributed by atoms with Gasteiger partial charge >= 0.3 is 0 Å². The zero-order valence-electron chi connectivity index (χ0n) is 15.9. The monoisotopic (exact) mass is 439 g/mol. The maximum atomic E-state index is 11.0. The molecule has 6 nitrogen and oxygen atoms in total. The van der Waals surface area contributed by atoms with Gasteiger partial charge < -0.3 is 10.0 Å². The van der Waals surface area contributed by atoms with Gasteiger partial charge in [0.2, 0.25) is 10.8 Å². The first kappa shape index (κ1) is 19.9. The van der Waals surface area contributed by atoms with Crippen molar-refractivity contribution in [2.75, 3.05) is 32.7 Å². The number of likely N-dealkylation sites (N-methyl/N-ethyl adjacent to an activating group) is 1. The van der Waals surface area contributed by atoms with Crippen molar-refractivity contribution >= 4 is 39.5 Å². The molecule has 1 atom stereocenters. The van der Waals surface area contributed by atoms with Crippen LogP contribution < -0.4 is 0 Å². The summed E-state index contributed by atoms with van der Waals surface area (Å²) in [4.78, 5) is 10.8. The lowest BCUT2D eigenvalue weighted by Crippen LogP contribution is -2.47. The van der Waals surface area contributed by atoms with Gasteiger partial charge in [0, 0.05) is 42.6 Å². The average molecular weight is 440 g/mol. The Hall–Kier alpha value is -1.38. The van der Waals surface area contributed by atoms with Gasteiger partial charge in [-0.05, 0) is 24.2 Å². The van der Waals surface area contributed by atoms with E-state index < -0.39 is 0 Å². The number of aromatic hydroxyl groups is 1. The molecule has 0 amide bonds. The first-order valence-electron chi connectivity index (χ1n) is 9.50. The van der Waals surface area contributed by atoms with Crippen molar-refractivity contribution in [1.29, 1.82) is 0 Å². The number of halogens is 2. The standard InChI is InChI=1S/C19H23Cl2N5OS/c1-3-15-22-19-26(23-15)18(27)17(28-19)16(13-6-5-12(20)11-14(13)21)25-9-7-24(4-2)8-10-25/h5-6,11,16,27H,3-4,7-10H2,1-2H3/t16-/m0/s1. The molecular weight excluding hydrogens is 417 g/mol. The van der Waals surface area contributed by atoms with Crippen molar-refractivity contribution in [3.05, 3.63) is 44.5 Å². The van der Waals surface area contributed by atoms with Gasteiger partial charge in [0.05, 0.1) is 10.9 Å². The van der Waals surface area contributed by atoms with Gasteiger partial charge in [0.1, 0.15) is 0 Å². The first-order chi connectivity index (χ1) is 13.5. The molecule has 0 radical (unpaired) electrons. The van der Waals surface area contributed by atoms with E-state index in [4.69, 9.17) is 23.2 Å². The molecule has 150 valence electrons. The predicted molar refractivity (Wildman–Crippen MR) is 114 cm³/mol. The van der Waals surface area contributed by atoms with Crippen LogP contribution in [0.5, 0.6) is 5.88 Å². The lowest BCUT2D eigenvalue weighted by Gasteiger charge is -2.39. The minimum absolute atomic E-state index is 0.140. The number of benzene rings is 1.